The number of hydrogen-bond acceptors (Lipinski definition) is 3. The first kappa shape index (κ1) is 12.9. The number of amides is 1. The number of carbonyl (C=O) groups excluding carboxylic acids is 1. The number of aliphatic hydroxyl groups excluding tert-OH is 1. The zero-order valence-electron chi connectivity index (χ0n) is 10.4. The van der Waals surface area contributed by atoms with Crippen molar-refractivity contribution in [3.8, 4) is 5.75 Å². The van der Waals surface area contributed by atoms with E-state index in [9.17, 15) is 4.79 Å². The predicted octanol–water partition coefficient (Wildman–Crippen LogP) is 1.34. The third kappa shape index (κ3) is 3.74. The van der Waals surface area contributed by atoms with Crippen molar-refractivity contribution in [2.45, 2.75) is 19.3 Å². The topological polar surface area (TPSA) is 58.6 Å². The van der Waals surface area contributed by atoms with Crippen LogP contribution in [0.25, 0.3) is 0 Å². The Hall–Kier alpha value is -1.55. The number of aliphatic hydroxyl groups is 1. The van der Waals surface area contributed by atoms with Gasteiger partial charge in [0.25, 0.3) is 5.91 Å². The molecule has 4 nitrogen and oxygen atoms in total. The summed E-state index contributed by atoms with van der Waals surface area (Å²) in [6, 6.07) is 9.28. The van der Waals surface area contributed by atoms with Gasteiger partial charge in [-0.15, -0.1) is 0 Å². The summed E-state index contributed by atoms with van der Waals surface area (Å²) >= 11 is 0. The zero-order chi connectivity index (χ0) is 12.8. The summed E-state index contributed by atoms with van der Waals surface area (Å²) in [6.45, 7) is 0.875. The van der Waals surface area contributed by atoms with E-state index in [0.29, 0.717) is 12.3 Å². The van der Waals surface area contributed by atoms with Gasteiger partial charge in [0.05, 0.1) is 0 Å². The van der Waals surface area contributed by atoms with Gasteiger partial charge >= 0.3 is 0 Å². The molecule has 0 aliphatic heterocycles. The molecule has 98 valence electrons. The minimum atomic E-state index is -0.108. The Morgan fingerprint density at radius 2 is 2.06 bits per heavy atom. The minimum absolute atomic E-state index is 0.0409. The molecule has 2 rings (SSSR count). The summed E-state index contributed by atoms with van der Waals surface area (Å²) in [4.78, 5) is 11.6. The van der Waals surface area contributed by atoms with Crippen LogP contribution in [0.1, 0.15) is 19.3 Å². The Morgan fingerprint density at radius 1 is 1.33 bits per heavy atom. The Bertz CT molecular complexity index is 387. The van der Waals surface area contributed by atoms with Gasteiger partial charge in [0, 0.05) is 13.2 Å². The van der Waals surface area contributed by atoms with Crippen molar-refractivity contribution in [1.82, 2.24) is 5.32 Å². The second-order valence-electron chi connectivity index (χ2n) is 4.85. The number of nitrogens with one attached hydrogen (secondary N) is 1. The summed E-state index contributed by atoms with van der Waals surface area (Å²) < 4.78 is 5.35. The average Bonchev–Trinajstić information content (AvgIpc) is 3.16. The highest BCUT2D eigenvalue weighted by atomic mass is 16.5. The summed E-state index contributed by atoms with van der Waals surface area (Å²) in [5.41, 5.74) is 0.150. The summed E-state index contributed by atoms with van der Waals surface area (Å²) in [6.07, 6.45) is 2.95. The highest BCUT2D eigenvalue weighted by Crippen LogP contribution is 2.47. The Balaban J connectivity index is 1.67. The third-order valence-electron chi connectivity index (χ3n) is 3.37. The van der Waals surface area contributed by atoms with E-state index in [1.165, 1.54) is 0 Å². The van der Waals surface area contributed by atoms with Gasteiger partial charge < -0.3 is 15.2 Å². The fourth-order valence-corrected chi connectivity index (χ4v) is 1.93. The first-order valence-electron chi connectivity index (χ1n) is 6.30. The number of hydrogen-bond donors (Lipinski definition) is 2. The minimum Gasteiger partial charge on any atom is -0.484 e. The van der Waals surface area contributed by atoms with Crippen LogP contribution in [0.5, 0.6) is 5.75 Å². The lowest BCUT2D eigenvalue weighted by Gasteiger charge is -2.14. The molecule has 1 aromatic rings. The summed E-state index contributed by atoms with van der Waals surface area (Å²) in [5.74, 6) is 0.590. The van der Waals surface area contributed by atoms with E-state index in [1.807, 2.05) is 30.3 Å². The van der Waals surface area contributed by atoms with Gasteiger partial charge in [-0.1, -0.05) is 18.2 Å². The molecule has 0 spiro atoms. The molecule has 4 heteroatoms. The highest BCUT2D eigenvalue weighted by molar-refractivity contribution is 5.77. The fraction of sp³-hybridized carbons (Fsp3) is 0.500. The lowest BCUT2D eigenvalue weighted by molar-refractivity contribution is -0.123. The lowest BCUT2D eigenvalue weighted by Crippen LogP contribution is -2.34. The molecular weight excluding hydrogens is 230 g/mol. The lowest BCUT2D eigenvalue weighted by atomic mass is 10.0. The van der Waals surface area contributed by atoms with Crippen molar-refractivity contribution in [3.05, 3.63) is 30.3 Å². The van der Waals surface area contributed by atoms with E-state index in [1.54, 1.807) is 0 Å². The molecule has 0 heterocycles. The van der Waals surface area contributed by atoms with Gasteiger partial charge in [0.15, 0.2) is 6.61 Å². The molecule has 1 aliphatic carbocycles. The van der Waals surface area contributed by atoms with Gasteiger partial charge in [-0.05, 0) is 36.8 Å². The SMILES string of the molecule is O=C(COc1ccccc1)NCC1(CCO)CC1. The van der Waals surface area contributed by atoms with Gasteiger partial charge in [-0.3, -0.25) is 4.79 Å². The molecule has 1 aliphatic rings. The van der Waals surface area contributed by atoms with E-state index in [-0.39, 0.29) is 24.5 Å². The quantitative estimate of drug-likeness (QED) is 0.766. The van der Waals surface area contributed by atoms with E-state index in [4.69, 9.17) is 9.84 Å². The molecular formula is C14H19NO3. The molecule has 1 aromatic carbocycles. The standard InChI is InChI=1S/C14H19NO3/c16-9-8-14(6-7-14)11-15-13(17)10-18-12-4-2-1-3-5-12/h1-5,16H,6-11H2,(H,15,17). The normalized spacial score (nSPS) is 16.1. The van der Waals surface area contributed by atoms with Crippen molar-refractivity contribution in [1.29, 1.82) is 0 Å². The van der Waals surface area contributed by atoms with Crippen LogP contribution in [0.4, 0.5) is 0 Å². The first-order valence-corrected chi connectivity index (χ1v) is 6.30. The van der Waals surface area contributed by atoms with Crippen LogP contribution >= 0.6 is 0 Å². The Morgan fingerprint density at radius 3 is 2.67 bits per heavy atom. The monoisotopic (exact) mass is 249 g/mol. The molecule has 0 unspecified atom stereocenters. The largest absolute Gasteiger partial charge is 0.484 e. The Labute approximate surface area is 107 Å². The van der Waals surface area contributed by atoms with Crippen LogP contribution < -0.4 is 10.1 Å². The Kier molecular flexibility index (Phi) is 4.20. The van der Waals surface area contributed by atoms with Crippen molar-refractivity contribution < 1.29 is 14.6 Å². The molecule has 0 atom stereocenters. The summed E-state index contributed by atoms with van der Waals surface area (Å²) in [7, 11) is 0. The maximum Gasteiger partial charge on any atom is 0.257 e. The van der Waals surface area contributed by atoms with E-state index in [2.05, 4.69) is 5.32 Å². The van der Waals surface area contributed by atoms with Crippen molar-refractivity contribution in [3.63, 3.8) is 0 Å². The van der Waals surface area contributed by atoms with Gasteiger partial charge in [-0.25, -0.2) is 0 Å². The summed E-state index contributed by atoms with van der Waals surface area (Å²) in [5, 5.41) is 11.8. The van der Waals surface area contributed by atoms with Crippen molar-refractivity contribution in [2.24, 2.45) is 5.41 Å². The maximum atomic E-state index is 11.6. The van der Waals surface area contributed by atoms with E-state index in [0.717, 1.165) is 19.3 Å². The van der Waals surface area contributed by atoms with E-state index < -0.39 is 0 Å². The van der Waals surface area contributed by atoms with Crippen LogP contribution in [0.3, 0.4) is 0 Å². The third-order valence-corrected chi connectivity index (χ3v) is 3.37. The van der Waals surface area contributed by atoms with E-state index >= 15 is 0 Å². The van der Waals surface area contributed by atoms with Crippen LogP contribution in [0.2, 0.25) is 0 Å². The van der Waals surface area contributed by atoms with Crippen LogP contribution in [-0.2, 0) is 4.79 Å². The number of benzene rings is 1. The highest BCUT2D eigenvalue weighted by Gasteiger charge is 2.41. The van der Waals surface area contributed by atoms with Gasteiger partial charge in [-0.2, -0.15) is 0 Å². The van der Waals surface area contributed by atoms with Crippen LogP contribution in [-0.4, -0.2) is 30.8 Å². The maximum absolute atomic E-state index is 11.6. The smallest absolute Gasteiger partial charge is 0.257 e. The molecule has 0 aromatic heterocycles. The molecule has 1 amide bonds. The van der Waals surface area contributed by atoms with Crippen LogP contribution in [0, 0.1) is 5.41 Å². The molecule has 0 radical (unpaired) electrons. The number of para-hydroxylation sites is 1. The van der Waals surface area contributed by atoms with Crippen molar-refractivity contribution >= 4 is 5.91 Å². The predicted molar refractivity (Wildman–Crippen MR) is 68.3 cm³/mol. The molecule has 1 saturated carbocycles. The molecule has 2 N–H and O–H groups in total. The molecule has 0 bridgehead atoms. The van der Waals surface area contributed by atoms with Gasteiger partial charge in [0.2, 0.25) is 0 Å². The zero-order valence-corrected chi connectivity index (χ0v) is 10.4. The van der Waals surface area contributed by atoms with Crippen molar-refractivity contribution in [2.75, 3.05) is 19.8 Å². The van der Waals surface area contributed by atoms with Gasteiger partial charge in [0.1, 0.15) is 5.75 Å². The number of rotatable bonds is 7. The number of carbonyl (C=O) groups is 1. The molecule has 0 saturated heterocycles. The second-order valence-corrected chi connectivity index (χ2v) is 4.85. The number of ether oxygens (including phenoxy) is 1. The average molecular weight is 249 g/mol. The molecule has 1 fully saturated rings. The van der Waals surface area contributed by atoms with Crippen LogP contribution in [0.15, 0.2) is 30.3 Å². The fourth-order valence-electron chi connectivity index (χ4n) is 1.93. The first-order chi connectivity index (χ1) is 8.74. The molecule has 18 heavy (non-hydrogen) atoms. The second kappa shape index (κ2) is 5.87.